The lowest BCUT2D eigenvalue weighted by Crippen LogP contribution is -2.21. The highest BCUT2D eigenvalue weighted by atomic mass is 15.2. The summed E-state index contributed by atoms with van der Waals surface area (Å²) in [6.45, 7) is 4.40. The molecule has 0 bridgehead atoms. The van der Waals surface area contributed by atoms with Gasteiger partial charge in [0, 0.05) is 18.5 Å². The molecule has 1 aromatic carbocycles. The molecule has 0 spiro atoms. The lowest BCUT2D eigenvalue weighted by atomic mass is 9.86. The van der Waals surface area contributed by atoms with E-state index in [0.717, 1.165) is 36.3 Å². The molecule has 4 rings (SSSR count). The third-order valence-electron chi connectivity index (χ3n) is 4.69. The second-order valence-corrected chi connectivity index (χ2v) is 6.09. The van der Waals surface area contributed by atoms with Crippen molar-refractivity contribution in [1.29, 1.82) is 0 Å². The molecule has 20 heavy (non-hydrogen) atoms. The highest BCUT2D eigenvalue weighted by Gasteiger charge is 2.33. The molecule has 2 unspecified atom stereocenters. The topological polar surface area (TPSA) is 29.0 Å². The van der Waals surface area contributed by atoms with Crippen molar-refractivity contribution >= 4 is 16.7 Å². The van der Waals surface area contributed by atoms with Crippen LogP contribution >= 0.6 is 0 Å². The van der Waals surface area contributed by atoms with Crippen molar-refractivity contribution in [3.05, 3.63) is 42.2 Å². The normalized spacial score (nSPS) is 25.1. The molecule has 1 aliphatic carbocycles. The van der Waals surface area contributed by atoms with Gasteiger partial charge in [0.2, 0.25) is 0 Å². The summed E-state index contributed by atoms with van der Waals surface area (Å²) in [4.78, 5) is 11.4. The summed E-state index contributed by atoms with van der Waals surface area (Å²) in [6, 6.07) is 6.43. The quantitative estimate of drug-likeness (QED) is 0.740. The molecule has 0 saturated carbocycles. The van der Waals surface area contributed by atoms with E-state index in [2.05, 4.69) is 52.1 Å². The molecule has 0 N–H and O–H groups in total. The van der Waals surface area contributed by atoms with Crippen molar-refractivity contribution in [3.8, 4) is 0 Å². The van der Waals surface area contributed by atoms with Gasteiger partial charge in [-0.25, -0.2) is 9.97 Å². The van der Waals surface area contributed by atoms with E-state index in [1.54, 1.807) is 6.33 Å². The van der Waals surface area contributed by atoms with Crippen molar-refractivity contribution in [1.82, 2.24) is 9.97 Å². The molecule has 1 saturated heterocycles. The van der Waals surface area contributed by atoms with Gasteiger partial charge in [0.15, 0.2) is 0 Å². The Morgan fingerprint density at radius 2 is 1.80 bits per heavy atom. The minimum absolute atomic E-state index is 0.801. The largest absolute Gasteiger partial charge is 0.355 e. The number of aromatic nitrogens is 2. The minimum atomic E-state index is 0.801. The second kappa shape index (κ2) is 4.58. The number of hydrogen-bond acceptors (Lipinski definition) is 3. The van der Waals surface area contributed by atoms with Crippen LogP contribution in [0.25, 0.3) is 10.9 Å². The average molecular weight is 265 g/mol. The van der Waals surface area contributed by atoms with Gasteiger partial charge in [-0.2, -0.15) is 0 Å². The molecular weight excluding hydrogens is 246 g/mol. The van der Waals surface area contributed by atoms with Crippen molar-refractivity contribution in [2.24, 2.45) is 11.8 Å². The lowest BCUT2D eigenvalue weighted by molar-refractivity contribution is 0.411. The summed E-state index contributed by atoms with van der Waals surface area (Å²) in [6.07, 6.45) is 8.83. The highest BCUT2D eigenvalue weighted by molar-refractivity contribution is 5.89. The van der Waals surface area contributed by atoms with Crippen LogP contribution in [-0.4, -0.2) is 23.1 Å². The summed E-state index contributed by atoms with van der Waals surface area (Å²) >= 11 is 0. The maximum atomic E-state index is 4.58. The number of benzene rings is 1. The first kappa shape index (κ1) is 11.9. The predicted octanol–water partition coefficient (Wildman–Crippen LogP) is 3.34. The maximum absolute atomic E-state index is 4.58. The zero-order chi connectivity index (χ0) is 13.5. The Bertz CT molecular complexity index is 661. The van der Waals surface area contributed by atoms with E-state index in [-0.39, 0.29) is 0 Å². The molecule has 2 aliphatic rings. The molecule has 3 heteroatoms. The molecule has 3 nitrogen and oxygen atoms in total. The summed E-state index contributed by atoms with van der Waals surface area (Å²) in [5, 5.41) is 1.19. The summed E-state index contributed by atoms with van der Waals surface area (Å²) < 4.78 is 0. The summed E-state index contributed by atoms with van der Waals surface area (Å²) in [7, 11) is 0. The SMILES string of the molecule is Cc1ccc2ncnc(N3CC4CC=CCC4C3)c2c1. The number of anilines is 1. The maximum Gasteiger partial charge on any atom is 0.139 e. The van der Waals surface area contributed by atoms with Crippen LogP contribution in [0.4, 0.5) is 5.82 Å². The Morgan fingerprint density at radius 1 is 1.05 bits per heavy atom. The zero-order valence-corrected chi connectivity index (χ0v) is 11.8. The Balaban J connectivity index is 1.74. The van der Waals surface area contributed by atoms with E-state index in [0.29, 0.717) is 0 Å². The van der Waals surface area contributed by atoms with Gasteiger partial charge in [0.05, 0.1) is 5.52 Å². The van der Waals surface area contributed by atoms with Gasteiger partial charge in [-0.15, -0.1) is 0 Å². The molecule has 1 fully saturated rings. The van der Waals surface area contributed by atoms with E-state index in [1.807, 2.05) is 0 Å². The van der Waals surface area contributed by atoms with Gasteiger partial charge in [0.1, 0.15) is 12.1 Å². The monoisotopic (exact) mass is 265 g/mol. The molecule has 1 aromatic heterocycles. The third-order valence-corrected chi connectivity index (χ3v) is 4.69. The van der Waals surface area contributed by atoms with E-state index in [1.165, 1.54) is 23.8 Å². The van der Waals surface area contributed by atoms with E-state index < -0.39 is 0 Å². The van der Waals surface area contributed by atoms with Gasteiger partial charge in [-0.3, -0.25) is 0 Å². The van der Waals surface area contributed by atoms with Gasteiger partial charge < -0.3 is 4.90 Å². The molecule has 0 amide bonds. The van der Waals surface area contributed by atoms with E-state index in [9.17, 15) is 0 Å². The first-order valence-electron chi connectivity index (χ1n) is 7.42. The van der Waals surface area contributed by atoms with Crippen LogP contribution < -0.4 is 4.90 Å². The fourth-order valence-electron chi connectivity index (χ4n) is 3.60. The minimum Gasteiger partial charge on any atom is -0.355 e. The number of fused-ring (bicyclic) bond motifs is 2. The zero-order valence-electron chi connectivity index (χ0n) is 11.8. The van der Waals surface area contributed by atoms with Gasteiger partial charge >= 0.3 is 0 Å². The van der Waals surface area contributed by atoms with Crippen LogP contribution in [0.5, 0.6) is 0 Å². The lowest BCUT2D eigenvalue weighted by Gasteiger charge is -2.19. The van der Waals surface area contributed by atoms with Crippen LogP contribution in [0.15, 0.2) is 36.7 Å². The number of allylic oxidation sites excluding steroid dienone is 2. The van der Waals surface area contributed by atoms with Gasteiger partial charge in [-0.05, 0) is 43.7 Å². The Hall–Kier alpha value is -1.90. The van der Waals surface area contributed by atoms with Crippen molar-refractivity contribution < 1.29 is 0 Å². The molecule has 2 atom stereocenters. The van der Waals surface area contributed by atoms with Crippen LogP contribution in [-0.2, 0) is 0 Å². The molecular formula is C17H19N3. The van der Waals surface area contributed by atoms with Crippen LogP contribution in [0.2, 0.25) is 0 Å². The number of hydrogen-bond donors (Lipinski definition) is 0. The standard InChI is InChI=1S/C17H19N3/c1-12-6-7-16-15(8-12)17(19-11-18-16)20-9-13-4-2-3-5-14(13)10-20/h2-3,6-8,11,13-14H,4-5,9-10H2,1H3. The highest BCUT2D eigenvalue weighted by Crippen LogP contribution is 2.36. The van der Waals surface area contributed by atoms with Gasteiger partial charge in [0.25, 0.3) is 0 Å². The van der Waals surface area contributed by atoms with Gasteiger partial charge in [-0.1, -0.05) is 23.8 Å². The molecule has 1 aliphatic heterocycles. The number of nitrogens with zero attached hydrogens (tertiary/aromatic N) is 3. The molecule has 102 valence electrons. The predicted molar refractivity (Wildman–Crippen MR) is 81.8 cm³/mol. The summed E-state index contributed by atoms with van der Waals surface area (Å²) in [5.41, 5.74) is 2.32. The number of rotatable bonds is 1. The first-order chi connectivity index (χ1) is 9.81. The molecule has 2 aromatic rings. The van der Waals surface area contributed by atoms with Crippen LogP contribution in [0.1, 0.15) is 18.4 Å². The van der Waals surface area contributed by atoms with Crippen molar-refractivity contribution in [3.63, 3.8) is 0 Å². The fourth-order valence-corrected chi connectivity index (χ4v) is 3.60. The van der Waals surface area contributed by atoms with E-state index >= 15 is 0 Å². The first-order valence-corrected chi connectivity index (χ1v) is 7.42. The summed E-state index contributed by atoms with van der Waals surface area (Å²) in [5.74, 6) is 2.72. The number of aryl methyl sites for hydroxylation is 1. The van der Waals surface area contributed by atoms with Crippen LogP contribution in [0, 0.1) is 18.8 Å². The second-order valence-electron chi connectivity index (χ2n) is 6.09. The fraction of sp³-hybridized carbons (Fsp3) is 0.412. The smallest absolute Gasteiger partial charge is 0.139 e. The van der Waals surface area contributed by atoms with Crippen LogP contribution in [0.3, 0.4) is 0 Å². The average Bonchev–Trinajstić information content (AvgIpc) is 2.90. The third kappa shape index (κ3) is 1.89. The Kier molecular flexibility index (Phi) is 2.72. The molecule has 0 radical (unpaired) electrons. The van der Waals surface area contributed by atoms with Crippen molar-refractivity contribution in [2.45, 2.75) is 19.8 Å². The Labute approximate surface area is 119 Å². The van der Waals surface area contributed by atoms with E-state index in [4.69, 9.17) is 0 Å². The Morgan fingerprint density at radius 3 is 2.55 bits per heavy atom. The van der Waals surface area contributed by atoms with Crippen molar-refractivity contribution in [2.75, 3.05) is 18.0 Å². The molecule has 2 heterocycles.